The molecule has 1 rings (SSSR count). The van der Waals surface area contributed by atoms with Crippen LogP contribution in [0.1, 0.15) is 13.3 Å². The number of carbonyl (C=O) groups is 1. The third kappa shape index (κ3) is 2.82. The Morgan fingerprint density at radius 3 is 2.75 bits per heavy atom. The SMILES string of the molecule is C=CCNC1(C(=O)OCC)CCS(=O)(=O)C1. The zero-order valence-electron chi connectivity index (χ0n) is 9.36. The summed E-state index contributed by atoms with van der Waals surface area (Å²) < 4.78 is 27.8. The fourth-order valence-electron chi connectivity index (χ4n) is 1.76. The molecule has 1 atom stereocenters. The van der Waals surface area contributed by atoms with Gasteiger partial charge in [-0.25, -0.2) is 8.42 Å². The standard InChI is InChI=1S/C10H17NO4S/c1-3-6-11-10(9(12)15-4-2)5-7-16(13,14)8-10/h3,11H,1,4-8H2,2H3. The molecule has 0 spiro atoms. The second kappa shape index (κ2) is 4.97. The van der Waals surface area contributed by atoms with E-state index < -0.39 is 21.3 Å². The van der Waals surface area contributed by atoms with Crippen LogP contribution in [0.5, 0.6) is 0 Å². The van der Waals surface area contributed by atoms with Gasteiger partial charge in [-0.1, -0.05) is 6.08 Å². The predicted molar refractivity (Wildman–Crippen MR) is 60.8 cm³/mol. The Bertz CT molecular complexity index is 376. The van der Waals surface area contributed by atoms with Gasteiger partial charge in [-0.3, -0.25) is 10.1 Å². The number of sulfone groups is 1. The maximum Gasteiger partial charge on any atom is 0.327 e. The number of hydrogen-bond acceptors (Lipinski definition) is 5. The minimum Gasteiger partial charge on any atom is -0.465 e. The van der Waals surface area contributed by atoms with Crippen molar-refractivity contribution in [3.05, 3.63) is 12.7 Å². The van der Waals surface area contributed by atoms with Crippen LogP contribution < -0.4 is 5.32 Å². The summed E-state index contributed by atoms with van der Waals surface area (Å²) in [5.41, 5.74) is -1.08. The van der Waals surface area contributed by atoms with Crippen molar-refractivity contribution in [1.82, 2.24) is 5.32 Å². The molecule has 0 aliphatic carbocycles. The minimum absolute atomic E-state index is 0.0238. The van der Waals surface area contributed by atoms with Crippen molar-refractivity contribution in [2.24, 2.45) is 0 Å². The molecule has 0 aromatic carbocycles. The van der Waals surface area contributed by atoms with Crippen LogP contribution in [-0.2, 0) is 19.4 Å². The Hall–Kier alpha value is -0.880. The number of hydrogen-bond donors (Lipinski definition) is 1. The van der Waals surface area contributed by atoms with Crippen molar-refractivity contribution < 1.29 is 17.9 Å². The Morgan fingerprint density at radius 1 is 1.62 bits per heavy atom. The van der Waals surface area contributed by atoms with E-state index in [1.807, 2.05) is 0 Å². The normalized spacial score (nSPS) is 27.6. The molecule has 0 aromatic heterocycles. The van der Waals surface area contributed by atoms with E-state index >= 15 is 0 Å². The Balaban J connectivity index is 2.86. The first-order valence-corrected chi connectivity index (χ1v) is 7.01. The first-order chi connectivity index (χ1) is 7.46. The fourth-order valence-corrected chi connectivity index (χ4v) is 3.68. The molecule has 1 N–H and O–H groups in total. The largest absolute Gasteiger partial charge is 0.465 e. The van der Waals surface area contributed by atoms with Gasteiger partial charge < -0.3 is 4.74 Å². The van der Waals surface area contributed by atoms with Crippen molar-refractivity contribution in [3.8, 4) is 0 Å². The van der Waals surface area contributed by atoms with Gasteiger partial charge in [0.05, 0.1) is 18.1 Å². The van der Waals surface area contributed by atoms with Crippen LogP contribution in [0.4, 0.5) is 0 Å². The van der Waals surface area contributed by atoms with E-state index in [1.165, 1.54) is 0 Å². The van der Waals surface area contributed by atoms with E-state index in [1.54, 1.807) is 13.0 Å². The number of rotatable bonds is 5. The van der Waals surface area contributed by atoms with Crippen molar-refractivity contribution in [2.45, 2.75) is 18.9 Å². The summed E-state index contributed by atoms with van der Waals surface area (Å²) in [6, 6.07) is 0. The number of esters is 1. The molecular formula is C10H17NO4S. The lowest BCUT2D eigenvalue weighted by atomic mass is 9.99. The molecular weight excluding hydrogens is 230 g/mol. The molecule has 16 heavy (non-hydrogen) atoms. The van der Waals surface area contributed by atoms with Gasteiger partial charge in [0.15, 0.2) is 9.84 Å². The van der Waals surface area contributed by atoms with Crippen LogP contribution in [0.25, 0.3) is 0 Å². The van der Waals surface area contributed by atoms with Crippen LogP contribution in [-0.4, -0.2) is 44.6 Å². The van der Waals surface area contributed by atoms with Gasteiger partial charge in [0.25, 0.3) is 0 Å². The maximum atomic E-state index is 11.8. The smallest absolute Gasteiger partial charge is 0.327 e. The minimum atomic E-state index is -3.15. The first-order valence-electron chi connectivity index (χ1n) is 5.19. The molecule has 0 amide bonds. The molecule has 1 aliphatic rings. The van der Waals surface area contributed by atoms with E-state index in [-0.39, 0.29) is 24.5 Å². The van der Waals surface area contributed by atoms with Crippen LogP contribution in [0.2, 0.25) is 0 Å². The van der Waals surface area contributed by atoms with Gasteiger partial charge >= 0.3 is 5.97 Å². The van der Waals surface area contributed by atoms with Crippen molar-refractivity contribution in [3.63, 3.8) is 0 Å². The molecule has 1 saturated heterocycles. The van der Waals surface area contributed by atoms with Gasteiger partial charge in [0.1, 0.15) is 5.54 Å². The number of nitrogens with one attached hydrogen (secondary N) is 1. The molecule has 92 valence electrons. The molecule has 0 bridgehead atoms. The van der Waals surface area contributed by atoms with Gasteiger partial charge in [-0.05, 0) is 13.3 Å². The lowest BCUT2D eigenvalue weighted by Crippen LogP contribution is -2.54. The highest BCUT2D eigenvalue weighted by molar-refractivity contribution is 7.91. The molecule has 0 aromatic rings. The van der Waals surface area contributed by atoms with Crippen LogP contribution in [0.15, 0.2) is 12.7 Å². The van der Waals surface area contributed by atoms with E-state index in [0.717, 1.165) is 0 Å². The summed E-state index contributed by atoms with van der Waals surface area (Å²) in [6.07, 6.45) is 1.86. The van der Waals surface area contributed by atoms with E-state index in [9.17, 15) is 13.2 Å². The topological polar surface area (TPSA) is 72.5 Å². The molecule has 1 heterocycles. The predicted octanol–water partition coefficient (Wildman–Crippen LogP) is -0.118. The van der Waals surface area contributed by atoms with Gasteiger partial charge in [0.2, 0.25) is 0 Å². The second-order valence-electron chi connectivity index (χ2n) is 3.81. The molecule has 5 nitrogen and oxygen atoms in total. The number of ether oxygens (including phenoxy) is 1. The van der Waals surface area contributed by atoms with Crippen LogP contribution in [0, 0.1) is 0 Å². The zero-order valence-corrected chi connectivity index (χ0v) is 10.2. The maximum absolute atomic E-state index is 11.8. The van der Waals surface area contributed by atoms with Crippen molar-refractivity contribution in [2.75, 3.05) is 24.7 Å². The monoisotopic (exact) mass is 247 g/mol. The third-order valence-electron chi connectivity index (χ3n) is 2.56. The molecule has 1 fully saturated rings. The van der Waals surface area contributed by atoms with Crippen molar-refractivity contribution >= 4 is 15.8 Å². The molecule has 1 unspecified atom stereocenters. The van der Waals surface area contributed by atoms with Crippen LogP contribution in [0.3, 0.4) is 0 Å². The highest BCUT2D eigenvalue weighted by atomic mass is 32.2. The summed E-state index contributed by atoms with van der Waals surface area (Å²) in [5.74, 6) is -0.652. The quantitative estimate of drug-likeness (QED) is 0.542. The summed E-state index contributed by atoms with van der Waals surface area (Å²) in [7, 11) is -3.15. The summed E-state index contributed by atoms with van der Waals surface area (Å²) in [4.78, 5) is 11.8. The second-order valence-corrected chi connectivity index (χ2v) is 6.00. The summed E-state index contributed by atoms with van der Waals surface area (Å²) >= 11 is 0. The lowest BCUT2D eigenvalue weighted by Gasteiger charge is -2.25. The van der Waals surface area contributed by atoms with Crippen LogP contribution >= 0.6 is 0 Å². The van der Waals surface area contributed by atoms with E-state index in [0.29, 0.717) is 6.54 Å². The van der Waals surface area contributed by atoms with Gasteiger partial charge in [0, 0.05) is 6.54 Å². The highest BCUT2D eigenvalue weighted by Crippen LogP contribution is 2.25. The third-order valence-corrected chi connectivity index (χ3v) is 4.32. The van der Waals surface area contributed by atoms with Gasteiger partial charge in [-0.2, -0.15) is 0 Å². The number of carbonyl (C=O) groups excluding carboxylic acids is 1. The van der Waals surface area contributed by atoms with Gasteiger partial charge in [-0.15, -0.1) is 6.58 Å². The Morgan fingerprint density at radius 2 is 2.31 bits per heavy atom. The van der Waals surface area contributed by atoms with Crippen molar-refractivity contribution in [1.29, 1.82) is 0 Å². The average molecular weight is 247 g/mol. The fraction of sp³-hybridized carbons (Fsp3) is 0.700. The molecule has 0 saturated carbocycles. The molecule has 6 heteroatoms. The first kappa shape index (κ1) is 13.2. The summed E-state index contributed by atoms with van der Waals surface area (Å²) in [5, 5.41) is 2.91. The molecule has 0 radical (unpaired) electrons. The lowest BCUT2D eigenvalue weighted by molar-refractivity contribution is -0.150. The Labute approximate surface area is 95.8 Å². The highest BCUT2D eigenvalue weighted by Gasteiger charge is 2.48. The van der Waals surface area contributed by atoms with E-state index in [2.05, 4.69) is 11.9 Å². The van der Waals surface area contributed by atoms with E-state index in [4.69, 9.17) is 4.74 Å². The summed E-state index contributed by atoms with van der Waals surface area (Å²) in [6.45, 7) is 5.86. The zero-order chi connectivity index (χ0) is 12.2. The Kier molecular flexibility index (Phi) is 4.09. The average Bonchev–Trinajstić information content (AvgIpc) is 2.53. The molecule has 1 aliphatic heterocycles.